The highest BCUT2D eigenvalue weighted by atomic mass is 35.5. The van der Waals surface area contributed by atoms with E-state index in [2.05, 4.69) is 4.98 Å². The first-order valence-electron chi connectivity index (χ1n) is 7.09. The van der Waals surface area contributed by atoms with E-state index in [4.69, 9.17) is 0 Å². The number of rotatable bonds is 6. The van der Waals surface area contributed by atoms with Gasteiger partial charge in [0.25, 0.3) is 0 Å². The van der Waals surface area contributed by atoms with Crippen LogP contribution in [-0.4, -0.2) is 34.0 Å². The molecule has 1 aromatic carbocycles. The second kappa shape index (κ2) is 9.18. The molecule has 0 spiro atoms. The molecule has 4 nitrogen and oxygen atoms in total. The van der Waals surface area contributed by atoms with Crippen molar-refractivity contribution in [3.05, 3.63) is 66.0 Å². The summed E-state index contributed by atoms with van der Waals surface area (Å²) >= 11 is 0. The third kappa shape index (κ3) is 4.55. The Kier molecular flexibility index (Phi) is 7.57. The number of aromatic nitrogens is 1. The SMILES string of the molecule is CCN(Cc1ccncc1)C(=O)[C@@H](CO)c1ccccc1.Cl. The molecule has 0 saturated heterocycles. The molecular formula is C17H21ClN2O2. The van der Waals surface area contributed by atoms with Crippen LogP contribution in [0.15, 0.2) is 54.9 Å². The van der Waals surface area contributed by atoms with Crippen LogP contribution in [0.4, 0.5) is 0 Å². The number of pyridine rings is 1. The van der Waals surface area contributed by atoms with Gasteiger partial charge in [-0.25, -0.2) is 0 Å². The maximum Gasteiger partial charge on any atom is 0.232 e. The number of nitrogens with zero attached hydrogens (tertiary/aromatic N) is 2. The zero-order valence-electron chi connectivity index (χ0n) is 12.6. The largest absolute Gasteiger partial charge is 0.395 e. The molecule has 0 aliphatic carbocycles. The van der Waals surface area contributed by atoms with Gasteiger partial charge in [-0.1, -0.05) is 30.3 Å². The minimum atomic E-state index is -0.506. The maximum atomic E-state index is 12.7. The quantitative estimate of drug-likeness (QED) is 0.890. The zero-order chi connectivity index (χ0) is 15.1. The van der Waals surface area contributed by atoms with Gasteiger partial charge in [-0.3, -0.25) is 9.78 Å². The van der Waals surface area contributed by atoms with E-state index in [1.807, 2.05) is 49.4 Å². The Bertz CT molecular complexity index is 563. The molecule has 22 heavy (non-hydrogen) atoms. The molecule has 118 valence electrons. The van der Waals surface area contributed by atoms with E-state index in [-0.39, 0.29) is 24.9 Å². The van der Waals surface area contributed by atoms with Crippen molar-refractivity contribution in [3.63, 3.8) is 0 Å². The van der Waals surface area contributed by atoms with Crippen LogP contribution in [0.2, 0.25) is 0 Å². The first-order valence-corrected chi connectivity index (χ1v) is 7.09. The molecule has 0 radical (unpaired) electrons. The predicted octanol–water partition coefficient (Wildman–Crippen LogP) is 2.63. The van der Waals surface area contributed by atoms with Gasteiger partial charge >= 0.3 is 0 Å². The Hall–Kier alpha value is -1.91. The number of benzene rings is 1. The van der Waals surface area contributed by atoms with Crippen molar-refractivity contribution < 1.29 is 9.90 Å². The molecule has 0 unspecified atom stereocenters. The standard InChI is InChI=1S/C17H20N2O2.ClH/c1-2-19(12-14-8-10-18-11-9-14)17(21)16(13-20)15-6-4-3-5-7-15;/h3-11,16,20H,2,12-13H2,1H3;1H/t16-;/m0./s1. The Labute approximate surface area is 137 Å². The van der Waals surface area contributed by atoms with Gasteiger partial charge in [0.1, 0.15) is 0 Å². The lowest BCUT2D eigenvalue weighted by Crippen LogP contribution is -2.36. The number of hydrogen-bond acceptors (Lipinski definition) is 3. The first-order chi connectivity index (χ1) is 10.3. The van der Waals surface area contributed by atoms with Gasteiger partial charge in [-0.05, 0) is 30.2 Å². The fourth-order valence-corrected chi connectivity index (χ4v) is 2.29. The molecule has 1 amide bonds. The number of hydrogen-bond donors (Lipinski definition) is 1. The predicted molar refractivity (Wildman–Crippen MR) is 88.8 cm³/mol. The van der Waals surface area contributed by atoms with Crippen LogP contribution in [0.5, 0.6) is 0 Å². The third-order valence-corrected chi connectivity index (χ3v) is 3.50. The van der Waals surface area contributed by atoms with Gasteiger partial charge in [0.05, 0.1) is 12.5 Å². The van der Waals surface area contributed by atoms with Crippen LogP contribution in [-0.2, 0) is 11.3 Å². The molecule has 5 heteroatoms. The van der Waals surface area contributed by atoms with E-state index in [0.29, 0.717) is 13.1 Å². The van der Waals surface area contributed by atoms with Crippen LogP contribution in [0.25, 0.3) is 0 Å². The molecule has 1 heterocycles. The number of aliphatic hydroxyl groups is 1. The summed E-state index contributed by atoms with van der Waals surface area (Å²) in [5.74, 6) is -0.559. The fourth-order valence-electron chi connectivity index (χ4n) is 2.29. The minimum Gasteiger partial charge on any atom is -0.395 e. The Morgan fingerprint density at radius 1 is 1.18 bits per heavy atom. The van der Waals surface area contributed by atoms with E-state index >= 15 is 0 Å². The third-order valence-electron chi connectivity index (χ3n) is 3.50. The van der Waals surface area contributed by atoms with Crippen molar-refractivity contribution in [2.24, 2.45) is 0 Å². The summed E-state index contributed by atoms with van der Waals surface area (Å²) in [6.45, 7) is 2.89. The normalized spacial score (nSPS) is 11.4. The van der Waals surface area contributed by atoms with Crippen molar-refractivity contribution in [2.75, 3.05) is 13.2 Å². The summed E-state index contributed by atoms with van der Waals surface area (Å²) in [6.07, 6.45) is 3.43. The summed E-state index contributed by atoms with van der Waals surface area (Å²) in [5.41, 5.74) is 1.88. The van der Waals surface area contributed by atoms with Crippen LogP contribution in [0.1, 0.15) is 24.0 Å². The molecular weight excluding hydrogens is 300 g/mol. The number of amides is 1. The molecule has 2 rings (SSSR count). The molecule has 1 aromatic heterocycles. The second-order valence-electron chi connectivity index (χ2n) is 4.85. The lowest BCUT2D eigenvalue weighted by molar-refractivity contribution is -0.134. The molecule has 1 atom stereocenters. The average Bonchev–Trinajstić information content (AvgIpc) is 2.55. The van der Waals surface area contributed by atoms with E-state index in [9.17, 15) is 9.90 Å². The lowest BCUT2D eigenvalue weighted by Gasteiger charge is -2.25. The van der Waals surface area contributed by atoms with Crippen molar-refractivity contribution in [1.29, 1.82) is 0 Å². The number of carbonyl (C=O) groups excluding carboxylic acids is 1. The minimum absolute atomic E-state index is 0. The monoisotopic (exact) mass is 320 g/mol. The summed E-state index contributed by atoms with van der Waals surface area (Å²) in [6, 6.07) is 13.2. The number of aliphatic hydroxyl groups excluding tert-OH is 1. The van der Waals surface area contributed by atoms with Crippen molar-refractivity contribution in [2.45, 2.75) is 19.4 Å². The smallest absolute Gasteiger partial charge is 0.232 e. The Morgan fingerprint density at radius 3 is 2.36 bits per heavy atom. The van der Waals surface area contributed by atoms with E-state index in [0.717, 1.165) is 11.1 Å². The number of carbonyl (C=O) groups is 1. The number of halogens is 1. The zero-order valence-corrected chi connectivity index (χ0v) is 13.4. The van der Waals surface area contributed by atoms with Crippen molar-refractivity contribution in [3.8, 4) is 0 Å². The number of likely N-dealkylation sites (N-methyl/N-ethyl adjacent to an activating group) is 1. The van der Waals surface area contributed by atoms with Crippen molar-refractivity contribution in [1.82, 2.24) is 9.88 Å². The van der Waals surface area contributed by atoms with Crippen LogP contribution >= 0.6 is 12.4 Å². The van der Waals surface area contributed by atoms with Gasteiger partial charge in [0.15, 0.2) is 0 Å². The maximum absolute atomic E-state index is 12.7. The second-order valence-corrected chi connectivity index (χ2v) is 4.85. The van der Waals surface area contributed by atoms with Gasteiger partial charge < -0.3 is 10.0 Å². The van der Waals surface area contributed by atoms with Crippen LogP contribution in [0.3, 0.4) is 0 Å². The van der Waals surface area contributed by atoms with Crippen molar-refractivity contribution >= 4 is 18.3 Å². The van der Waals surface area contributed by atoms with Gasteiger partial charge in [0, 0.05) is 25.5 Å². The Balaban J connectivity index is 0.00000242. The van der Waals surface area contributed by atoms with E-state index in [1.165, 1.54) is 0 Å². The molecule has 0 saturated carbocycles. The molecule has 2 aromatic rings. The van der Waals surface area contributed by atoms with Crippen LogP contribution < -0.4 is 0 Å². The lowest BCUT2D eigenvalue weighted by atomic mass is 9.98. The fraction of sp³-hybridized carbons (Fsp3) is 0.294. The average molecular weight is 321 g/mol. The highest BCUT2D eigenvalue weighted by Gasteiger charge is 2.24. The van der Waals surface area contributed by atoms with Crippen LogP contribution in [0, 0.1) is 0 Å². The Morgan fingerprint density at radius 2 is 1.82 bits per heavy atom. The van der Waals surface area contributed by atoms with Gasteiger partial charge in [-0.2, -0.15) is 0 Å². The van der Waals surface area contributed by atoms with E-state index < -0.39 is 5.92 Å². The molecule has 0 bridgehead atoms. The molecule has 0 aliphatic heterocycles. The molecule has 1 N–H and O–H groups in total. The highest BCUT2D eigenvalue weighted by Crippen LogP contribution is 2.19. The molecule has 0 aliphatic rings. The van der Waals surface area contributed by atoms with Gasteiger partial charge in [-0.15, -0.1) is 12.4 Å². The summed E-state index contributed by atoms with van der Waals surface area (Å²) in [5, 5.41) is 9.60. The topological polar surface area (TPSA) is 53.4 Å². The molecule has 0 fully saturated rings. The van der Waals surface area contributed by atoms with E-state index in [1.54, 1.807) is 17.3 Å². The highest BCUT2D eigenvalue weighted by molar-refractivity contribution is 5.85. The summed E-state index contributed by atoms with van der Waals surface area (Å²) < 4.78 is 0. The summed E-state index contributed by atoms with van der Waals surface area (Å²) in [4.78, 5) is 18.4. The summed E-state index contributed by atoms with van der Waals surface area (Å²) in [7, 11) is 0. The first kappa shape index (κ1) is 18.1. The van der Waals surface area contributed by atoms with Gasteiger partial charge in [0.2, 0.25) is 5.91 Å².